The highest BCUT2D eigenvalue weighted by molar-refractivity contribution is 5.56. The molecule has 94 valence electrons. The molecule has 1 aliphatic rings. The van der Waals surface area contributed by atoms with E-state index in [1.807, 2.05) is 13.8 Å². The Hall–Kier alpha value is -1.36. The van der Waals surface area contributed by atoms with Crippen molar-refractivity contribution in [3.8, 4) is 0 Å². The Morgan fingerprint density at radius 1 is 1.41 bits per heavy atom. The summed E-state index contributed by atoms with van der Waals surface area (Å²) < 4.78 is 0. The van der Waals surface area contributed by atoms with E-state index in [1.54, 1.807) is 0 Å². The zero-order valence-electron chi connectivity index (χ0n) is 10.5. The molecule has 1 aromatic rings. The molecule has 3 N–H and O–H groups in total. The van der Waals surface area contributed by atoms with Crippen LogP contribution >= 0.6 is 0 Å². The molecule has 0 radical (unpaired) electrons. The Labute approximate surface area is 102 Å². The van der Waals surface area contributed by atoms with Gasteiger partial charge in [0.1, 0.15) is 17.5 Å². The molecular weight excluding hydrogens is 216 g/mol. The topological polar surface area (TPSA) is 75.3 Å². The maximum Gasteiger partial charge on any atom is 0.137 e. The molecule has 17 heavy (non-hydrogen) atoms. The summed E-state index contributed by atoms with van der Waals surface area (Å²) in [5.41, 5.74) is 6.82. The third-order valence-corrected chi connectivity index (χ3v) is 3.39. The Morgan fingerprint density at radius 3 is 2.88 bits per heavy atom. The van der Waals surface area contributed by atoms with Crippen molar-refractivity contribution in [1.82, 2.24) is 9.97 Å². The third-order valence-electron chi connectivity index (χ3n) is 3.39. The van der Waals surface area contributed by atoms with Gasteiger partial charge in [0.15, 0.2) is 0 Å². The monoisotopic (exact) mass is 236 g/mol. The van der Waals surface area contributed by atoms with Gasteiger partial charge in [0.05, 0.1) is 0 Å². The van der Waals surface area contributed by atoms with Gasteiger partial charge in [0, 0.05) is 25.3 Å². The molecule has 2 rings (SSSR count). The van der Waals surface area contributed by atoms with E-state index in [9.17, 15) is 0 Å². The van der Waals surface area contributed by atoms with Gasteiger partial charge in [-0.1, -0.05) is 0 Å². The molecule has 1 unspecified atom stereocenters. The average molecular weight is 236 g/mol. The normalized spacial score (nSPS) is 19.9. The van der Waals surface area contributed by atoms with Crippen LogP contribution in [0.4, 0.5) is 11.6 Å². The fourth-order valence-corrected chi connectivity index (χ4v) is 2.39. The lowest BCUT2D eigenvalue weighted by Gasteiger charge is -2.20. The molecule has 0 aromatic carbocycles. The van der Waals surface area contributed by atoms with Crippen LogP contribution in [0.5, 0.6) is 0 Å². The first-order valence-electron chi connectivity index (χ1n) is 6.08. The van der Waals surface area contributed by atoms with Crippen LogP contribution in [0.2, 0.25) is 0 Å². The first-order valence-corrected chi connectivity index (χ1v) is 6.08. The van der Waals surface area contributed by atoms with Crippen molar-refractivity contribution in [3.05, 3.63) is 11.4 Å². The number of nitrogen functional groups attached to an aromatic ring is 1. The van der Waals surface area contributed by atoms with Gasteiger partial charge in [0.25, 0.3) is 0 Å². The Kier molecular flexibility index (Phi) is 3.47. The Bertz CT molecular complexity index is 408. The second-order valence-corrected chi connectivity index (χ2v) is 4.72. The lowest BCUT2D eigenvalue weighted by Crippen LogP contribution is -2.23. The van der Waals surface area contributed by atoms with Gasteiger partial charge in [-0.2, -0.15) is 0 Å². The second-order valence-electron chi connectivity index (χ2n) is 4.72. The van der Waals surface area contributed by atoms with Crippen molar-refractivity contribution in [1.29, 1.82) is 0 Å². The van der Waals surface area contributed by atoms with Crippen LogP contribution in [0.3, 0.4) is 0 Å². The summed E-state index contributed by atoms with van der Waals surface area (Å²) >= 11 is 0. The van der Waals surface area contributed by atoms with E-state index in [0.717, 1.165) is 37.3 Å². The van der Waals surface area contributed by atoms with E-state index in [0.29, 0.717) is 17.6 Å². The summed E-state index contributed by atoms with van der Waals surface area (Å²) in [5, 5.41) is 8.96. The number of hydrogen-bond acceptors (Lipinski definition) is 5. The highest BCUT2D eigenvalue weighted by Crippen LogP contribution is 2.28. The molecule has 1 saturated heterocycles. The second kappa shape index (κ2) is 4.87. The number of aryl methyl sites for hydroxylation is 1. The van der Waals surface area contributed by atoms with Crippen molar-refractivity contribution in [2.24, 2.45) is 5.92 Å². The number of nitrogens with two attached hydrogens (primary N) is 1. The molecule has 0 aliphatic carbocycles. The predicted octanol–water partition coefficient (Wildman–Crippen LogP) is 0.884. The molecule has 0 amide bonds. The average Bonchev–Trinajstić information content (AvgIpc) is 2.72. The summed E-state index contributed by atoms with van der Waals surface area (Å²) in [6.45, 7) is 6.03. The molecule has 5 nitrogen and oxygen atoms in total. The molecule has 1 aliphatic heterocycles. The van der Waals surface area contributed by atoms with Gasteiger partial charge < -0.3 is 15.7 Å². The fraction of sp³-hybridized carbons (Fsp3) is 0.667. The zero-order chi connectivity index (χ0) is 12.4. The minimum Gasteiger partial charge on any atom is -0.396 e. The summed E-state index contributed by atoms with van der Waals surface area (Å²) in [6.07, 6.45) is 1.98. The van der Waals surface area contributed by atoms with Crippen LogP contribution in [-0.2, 0) is 0 Å². The maximum absolute atomic E-state index is 8.96. The standard InChI is InChI=1S/C12H20N4O/c1-8-11(13)14-9(2)15-12(8)16-5-3-10(7-16)4-6-17/h10,17H,3-7H2,1-2H3,(H2,13,14,15). The zero-order valence-corrected chi connectivity index (χ0v) is 10.5. The smallest absolute Gasteiger partial charge is 0.137 e. The van der Waals surface area contributed by atoms with E-state index < -0.39 is 0 Å². The van der Waals surface area contributed by atoms with Gasteiger partial charge in [-0.15, -0.1) is 0 Å². The van der Waals surface area contributed by atoms with Crippen LogP contribution in [0.15, 0.2) is 0 Å². The number of nitrogens with zero attached hydrogens (tertiary/aromatic N) is 3. The number of rotatable bonds is 3. The highest BCUT2D eigenvalue weighted by Gasteiger charge is 2.25. The number of aliphatic hydroxyl groups excluding tert-OH is 1. The van der Waals surface area contributed by atoms with Crippen LogP contribution in [0, 0.1) is 19.8 Å². The van der Waals surface area contributed by atoms with Crippen molar-refractivity contribution >= 4 is 11.6 Å². The highest BCUT2D eigenvalue weighted by atomic mass is 16.3. The molecule has 1 aromatic heterocycles. The minimum atomic E-state index is 0.266. The molecule has 5 heteroatoms. The van der Waals surface area contributed by atoms with E-state index in [4.69, 9.17) is 10.8 Å². The number of hydrogen-bond donors (Lipinski definition) is 2. The first-order chi connectivity index (χ1) is 8.11. The molecule has 2 heterocycles. The SMILES string of the molecule is Cc1nc(N)c(C)c(N2CCC(CCO)C2)n1. The summed E-state index contributed by atoms with van der Waals surface area (Å²) in [6, 6.07) is 0. The van der Waals surface area contributed by atoms with Crippen molar-refractivity contribution in [2.45, 2.75) is 26.7 Å². The molecule has 0 bridgehead atoms. The largest absolute Gasteiger partial charge is 0.396 e. The van der Waals surface area contributed by atoms with Crippen molar-refractivity contribution in [2.75, 3.05) is 30.3 Å². The summed E-state index contributed by atoms with van der Waals surface area (Å²) in [4.78, 5) is 10.9. The minimum absolute atomic E-state index is 0.266. The Morgan fingerprint density at radius 2 is 2.18 bits per heavy atom. The number of aromatic nitrogens is 2. The van der Waals surface area contributed by atoms with E-state index in [1.165, 1.54) is 0 Å². The lowest BCUT2D eigenvalue weighted by atomic mass is 10.1. The summed E-state index contributed by atoms with van der Waals surface area (Å²) in [5.74, 6) is 2.80. The van der Waals surface area contributed by atoms with Gasteiger partial charge in [0.2, 0.25) is 0 Å². The van der Waals surface area contributed by atoms with E-state index in [-0.39, 0.29) is 6.61 Å². The van der Waals surface area contributed by atoms with Crippen LogP contribution in [-0.4, -0.2) is 34.8 Å². The molecule has 0 spiro atoms. The lowest BCUT2D eigenvalue weighted by molar-refractivity contribution is 0.263. The van der Waals surface area contributed by atoms with Crippen molar-refractivity contribution in [3.63, 3.8) is 0 Å². The molecular formula is C12H20N4O. The van der Waals surface area contributed by atoms with E-state index >= 15 is 0 Å². The maximum atomic E-state index is 8.96. The first kappa shape index (κ1) is 12.1. The third kappa shape index (κ3) is 2.49. The predicted molar refractivity (Wildman–Crippen MR) is 67.9 cm³/mol. The van der Waals surface area contributed by atoms with Gasteiger partial charge in [-0.3, -0.25) is 0 Å². The summed E-state index contributed by atoms with van der Waals surface area (Å²) in [7, 11) is 0. The molecule has 1 fully saturated rings. The van der Waals surface area contributed by atoms with Crippen LogP contribution < -0.4 is 10.6 Å². The van der Waals surface area contributed by atoms with Gasteiger partial charge in [-0.25, -0.2) is 9.97 Å². The quantitative estimate of drug-likeness (QED) is 0.815. The van der Waals surface area contributed by atoms with Crippen LogP contribution in [0.1, 0.15) is 24.2 Å². The van der Waals surface area contributed by atoms with E-state index in [2.05, 4.69) is 14.9 Å². The van der Waals surface area contributed by atoms with Crippen LogP contribution in [0.25, 0.3) is 0 Å². The molecule has 1 atom stereocenters. The van der Waals surface area contributed by atoms with Crippen molar-refractivity contribution < 1.29 is 5.11 Å². The Balaban J connectivity index is 2.18. The fourth-order valence-electron chi connectivity index (χ4n) is 2.39. The number of aliphatic hydroxyl groups is 1. The van der Waals surface area contributed by atoms with Gasteiger partial charge >= 0.3 is 0 Å². The number of anilines is 2. The molecule has 0 saturated carbocycles. The van der Waals surface area contributed by atoms with Gasteiger partial charge in [-0.05, 0) is 32.6 Å².